The van der Waals surface area contributed by atoms with E-state index in [0.29, 0.717) is 25.3 Å². The Labute approximate surface area is 158 Å². The van der Waals surface area contributed by atoms with Gasteiger partial charge in [0.15, 0.2) is 5.96 Å². The van der Waals surface area contributed by atoms with Gasteiger partial charge in [0, 0.05) is 51.6 Å². The van der Waals surface area contributed by atoms with Crippen molar-refractivity contribution >= 4 is 5.96 Å². The highest BCUT2D eigenvalue weighted by molar-refractivity contribution is 5.80. The average molecular weight is 375 g/mol. The Hall–Kier alpha value is -2.45. The molecule has 0 radical (unpaired) electrons. The van der Waals surface area contributed by atoms with Crippen molar-refractivity contribution in [2.24, 2.45) is 12.0 Å². The molecule has 1 N–H and O–H groups in total. The van der Waals surface area contributed by atoms with Crippen molar-refractivity contribution in [1.82, 2.24) is 20.0 Å². The number of hydrogen-bond acceptors (Lipinski definition) is 4. The quantitative estimate of drug-likeness (QED) is 0.638. The molecule has 2 aromatic rings. The number of guanidine groups is 1. The van der Waals surface area contributed by atoms with E-state index in [1.807, 2.05) is 25.5 Å². The first-order valence-electron chi connectivity index (χ1n) is 8.92. The predicted molar refractivity (Wildman–Crippen MR) is 101 cm³/mol. The van der Waals surface area contributed by atoms with Crippen molar-refractivity contribution < 1.29 is 13.9 Å². The minimum atomic E-state index is -0.252. The molecule has 0 saturated carbocycles. The summed E-state index contributed by atoms with van der Waals surface area (Å²) in [6.45, 7) is 2.89. The molecule has 2 heterocycles. The number of halogens is 1. The van der Waals surface area contributed by atoms with E-state index in [4.69, 9.17) is 9.47 Å². The molecule has 3 rings (SSSR count). The van der Waals surface area contributed by atoms with Crippen LogP contribution in [0.25, 0.3) is 0 Å². The molecule has 146 valence electrons. The number of benzene rings is 1. The van der Waals surface area contributed by atoms with E-state index in [-0.39, 0.29) is 18.5 Å². The number of nitrogens with one attached hydrogen (secondary N) is 1. The molecular formula is C19H26FN5O2. The molecule has 7 nitrogen and oxygen atoms in total. The fourth-order valence-corrected chi connectivity index (χ4v) is 3.17. The number of methoxy groups -OCH3 is 1. The minimum Gasteiger partial charge on any atom is -0.380 e. The molecule has 0 aliphatic carbocycles. The van der Waals surface area contributed by atoms with Crippen molar-refractivity contribution in [2.45, 2.75) is 19.3 Å². The number of nitrogens with zero attached hydrogens (tertiary/aromatic N) is 4. The second kappa shape index (κ2) is 8.96. The van der Waals surface area contributed by atoms with Crippen LogP contribution in [0.5, 0.6) is 0 Å². The Bertz CT molecular complexity index is 792. The normalized spacial score (nSPS) is 18.0. The summed E-state index contributed by atoms with van der Waals surface area (Å²) in [4.78, 5) is 6.56. The van der Waals surface area contributed by atoms with Gasteiger partial charge in [-0.2, -0.15) is 5.10 Å². The van der Waals surface area contributed by atoms with Gasteiger partial charge in [0.05, 0.1) is 26.0 Å². The zero-order valence-electron chi connectivity index (χ0n) is 16.0. The number of aryl methyl sites for hydroxylation is 1. The van der Waals surface area contributed by atoms with Crippen molar-refractivity contribution in [3.63, 3.8) is 0 Å². The predicted octanol–water partition coefficient (Wildman–Crippen LogP) is 1.85. The molecule has 1 fully saturated rings. The summed E-state index contributed by atoms with van der Waals surface area (Å²) >= 11 is 0. The highest BCUT2D eigenvalue weighted by Crippen LogP contribution is 2.21. The molecule has 27 heavy (non-hydrogen) atoms. The van der Waals surface area contributed by atoms with Crippen LogP contribution >= 0.6 is 0 Å². The maximum atomic E-state index is 13.8. The highest BCUT2D eigenvalue weighted by atomic mass is 19.1. The minimum absolute atomic E-state index is 0.0369. The van der Waals surface area contributed by atoms with Crippen molar-refractivity contribution in [3.05, 3.63) is 53.1 Å². The van der Waals surface area contributed by atoms with Crippen molar-refractivity contribution in [3.8, 4) is 0 Å². The summed E-state index contributed by atoms with van der Waals surface area (Å²) in [5, 5.41) is 7.58. The van der Waals surface area contributed by atoms with Gasteiger partial charge in [-0.25, -0.2) is 4.39 Å². The first kappa shape index (κ1) is 19.3. The standard InChI is InChI=1S/C19H26FN5O2/c1-21-19(22-9-14-4-5-17(20)15(8-14)13-26-3)25-6-7-27-18(12-25)16-10-23-24(2)11-16/h4-5,8,10-11,18H,6-7,9,12-13H2,1-3H3,(H,21,22). The van der Waals surface area contributed by atoms with E-state index in [1.165, 1.54) is 6.07 Å². The third-order valence-electron chi connectivity index (χ3n) is 4.54. The molecule has 1 unspecified atom stereocenters. The average Bonchev–Trinajstić information content (AvgIpc) is 3.12. The Morgan fingerprint density at radius 1 is 1.48 bits per heavy atom. The fraction of sp³-hybridized carbons (Fsp3) is 0.474. The number of hydrogen-bond donors (Lipinski definition) is 1. The van der Waals surface area contributed by atoms with Gasteiger partial charge in [-0.15, -0.1) is 0 Å². The molecule has 1 aliphatic rings. The second-order valence-electron chi connectivity index (χ2n) is 6.51. The lowest BCUT2D eigenvalue weighted by molar-refractivity contribution is -0.00805. The van der Waals surface area contributed by atoms with Crippen LogP contribution in [-0.2, 0) is 29.7 Å². The molecule has 0 spiro atoms. The molecule has 1 aromatic heterocycles. The van der Waals surface area contributed by atoms with Crippen LogP contribution in [0.1, 0.15) is 22.8 Å². The maximum Gasteiger partial charge on any atom is 0.194 e. The van der Waals surface area contributed by atoms with Crippen LogP contribution in [0.4, 0.5) is 4.39 Å². The molecular weight excluding hydrogens is 349 g/mol. The van der Waals surface area contributed by atoms with Crippen LogP contribution in [0, 0.1) is 5.82 Å². The van der Waals surface area contributed by atoms with Crippen molar-refractivity contribution in [2.75, 3.05) is 33.9 Å². The lowest BCUT2D eigenvalue weighted by Crippen LogP contribution is -2.47. The maximum absolute atomic E-state index is 13.8. The summed E-state index contributed by atoms with van der Waals surface area (Å²) in [6.07, 6.45) is 3.77. The van der Waals surface area contributed by atoms with Gasteiger partial charge < -0.3 is 19.7 Å². The topological polar surface area (TPSA) is 63.9 Å². The monoisotopic (exact) mass is 375 g/mol. The molecule has 8 heteroatoms. The SMILES string of the molecule is CN=C(NCc1ccc(F)c(COC)c1)N1CCOC(c2cnn(C)c2)C1. The van der Waals surface area contributed by atoms with Crippen LogP contribution in [0.15, 0.2) is 35.6 Å². The number of rotatable bonds is 5. The molecule has 0 bridgehead atoms. The molecule has 1 saturated heterocycles. The van der Waals surface area contributed by atoms with Crippen LogP contribution in [0.3, 0.4) is 0 Å². The van der Waals surface area contributed by atoms with E-state index in [1.54, 1.807) is 24.9 Å². The number of aliphatic imine (C=N–C) groups is 1. The summed E-state index contributed by atoms with van der Waals surface area (Å²) in [5.74, 6) is 0.544. The number of ether oxygens (including phenoxy) is 2. The van der Waals surface area contributed by atoms with E-state index in [9.17, 15) is 4.39 Å². The molecule has 0 amide bonds. The Morgan fingerprint density at radius 2 is 2.33 bits per heavy atom. The van der Waals surface area contributed by atoms with Gasteiger partial charge in [0.25, 0.3) is 0 Å². The summed E-state index contributed by atoms with van der Waals surface area (Å²) < 4.78 is 26.5. The molecule has 1 aromatic carbocycles. The zero-order valence-corrected chi connectivity index (χ0v) is 16.0. The van der Waals surface area contributed by atoms with Crippen LogP contribution < -0.4 is 5.32 Å². The largest absolute Gasteiger partial charge is 0.380 e. The third kappa shape index (κ3) is 4.84. The van der Waals surface area contributed by atoms with E-state index in [0.717, 1.165) is 23.6 Å². The van der Waals surface area contributed by atoms with E-state index >= 15 is 0 Å². The van der Waals surface area contributed by atoms with Crippen LogP contribution in [-0.4, -0.2) is 54.5 Å². The van der Waals surface area contributed by atoms with Gasteiger partial charge in [-0.3, -0.25) is 9.67 Å². The van der Waals surface area contributed by atoms with Gasteiger partial charge in [0.2, 0.25) is 0 Å². The second-order valence-corrected chi connectivity index (χ2v) is 6.51. The molecule has 1 aliphatic heterocycles. The smallest absolute Gasteiger partial charge is 0.194 e. The Balaban J connectivity index is 1.62. The Morgan fingerprint density at radius 3 is 3.04 bits per heavy atom. The van der Waals surface area contributed by atoms with Gasteiger partial charge in [0.1, 0.15) is 11.9 Å². The number of aromatic nitrogens is 2. The summed E-state index contributed by atoms with van der Waals surface area (Å²) in [5.41, 5.74) is 2.58. The summed E-state index contributed by atoms with van der Waals surface area (Å²) in [6, 6.07) is 5.06. The first-order chi connectivity index (χ1) is 13.1. The van der Waals surface area contributed by atoms with Gasteiger partial charge in [-0.05, 0) is 17.7 Å². The fourth-order valence-electron chi connectivity index (χ4n) is 3.17. The third-order valence-corrected chi connectivity index (χ3v) is 4.54. The van der Waals surface area contributed by atoms with E-state index < -0.39 is 0 Å². The Kier molecular flexibility index (Phi) is 6.41. The summed E-state index contributed by atoms with van der Waals surface area (Å²) in [7, 11) is 5.21. The lowest BCUT2D eigenvalue weighted by Gasteiger charge is -2.34. The molecule has 1 atom stereocenters. The lowest BCUT2D eigenvalue weighted by atomic mass is 10.1. The number of morpholine rings is 1. The van der Waals surface area contributed by atoms with Gasteiger partial charge >= 0.3 is 0 Å². The van der Waals surface area contributed by atoms with Gasteiger partial charge in [-0.1, -0.05) is 6.07 Å². The van der Waals surface area contributed by atoms with Crippen LogP contribution in [0.2, 0.25) is 0 Å². The van der Waals surface area contributed by atoms with Crippen molar-refractivity contribution in [1.29, 1.82) is 0 Å². The highest BCUT2D eigenvalue weighted by Gasteiger charge is 2.25. The zero-order chi connectivity index (χ0) is 19.2. The van der Waals surface area contributed by atoms with E-state index in [2.05, 4.69) is 20.3 Å². The first-order valence-corrected chi connectivity index (χ1v) is 8.92.